The van der Waals surface area contributed by atoms with Crippen LogP contribution in [0.15, 0.2) is 48.7 Å². The monoisotopic (exact) mass is 334 g/mol. The third-order valence-electron chi connectivity index (χ3n) is 4.14. The van der Waals surface area contributed by atoms with Crippen LogP contribution in [0, 0.1) is 6.92 Å². The summed E-state index contributed by atoms with van der Waals surface area (Å²) < 4.78 is 0. The highest BCUT2D eigenvalue weighted by molar-refractivity contribution is 6.00. The number of benzene rings is 1. The second kappa shape index (κ2) is 7.75. The number of urea groups is 1. The zero-order valence-electron chi connectivity index (χ0n) is 14.5. The lowest BCUT2D eigenvalue weighted by Crippen LogP contribution is -2.30. The number of carbonyl (C=O) groups is 1. The number of hydrogen-bond donors (Lipinski definition) is 2. The molecule has 3 aromatic rings. The molecule has 2 amide bonds. The zero-order chi connectivity index (χ0) is 17.6. The van der Waals surface area contributed by atoms with Crippen LogP contribution >= 0.6 is 0 Å². The Balaban J connectivity index is 1.67. The van der Waals surface area contributed by atoms with Crippen molar-refractivity contribution in [3.8, 4) is 0 Å². The SMILES string of the molecule is CCc1cc(NC(=O)NCCc2ncccc2C)c2ccccc2n1. The average molecular weight is 334 g/mol. The minimum absolute atomic E-state index is 0.216. The van der Waals surface area contributed by atoms with E-state index in [1.807, 2.05) is 49.4 Å². The van der Waals surface area contributed by atoms with Gasteiger partial charge in [-0.2, -0.15) is 0 Å². The van der Waals surface area contributed by atoms with E-state index < -0.39 is 0 Å². The Labute approximate surface area is 147 Å². The van der Waals surface area contributed by atoms with Gasteiger partial charge in [-0.15, -0.1) is 0 Å². The van der Waals surface area contributed by atoms with Crippen molar-refractivity contribution < 1.29 is 4.79 Å². The molecule has 3 rings (SSSR count). The van der Waals surface area contributed by atoms with Crippen LogP contribution in [0.3, 0.4) is 0 Å². The summed E-state index contributed by atoms with van der Waals surface area (Å²) in [6, 6.07) is 13.5. The fourth-order valence-electron chi connectivity index (χ4n) is 2.76. The molecule has 0 radical (unpaired) electrons. The molecule has 5 heteroatoms. The maximum absolute atomic E-state index is 12.3. The summed E-state index contributed by atoms with van der Waals surface area (Å²) in [5.74, 6) is 0. The highest BCUT2D eigenvalue weighted by atomic mass is 16.2. The minimum atomic E-state index is -0.216. The van der Waals surface area contributed by atoms with Gasteiger partial charge in [-0.25, -0.2) is 4.79 Å². The van der Waals surface area contributed by atoms with Crippen LogP contribution in [-0.2, 0) is 12.8 Å². The van der Waals surface area contributed by atoms with Gasteiger partial charge in [0.1, 0.15) is 0 Å². The van der Waals surface area contributed by atoms with Crippen LogP contribution in [0.1, 0.15) is 23.9 Å². The second-order valence-electron chi connectivity index (χ2n) is 5.93. The summed E-state index contributed by atoms with van der Waals surface area (Å²) in [6.45, 7) is 4.61. The lowest BCUT2D eigenvalue weighted by Gasteiger charge is -2.12. The molecule has 0 fully saturated rings. The molecule has 2 N–H and O–H groups in total. The van der Waals surface area contributed by atoms with Crippen LogP contribution in [0.25, 0.3) is 10.9 Å². The Kier molecular flexibility index (Phi) is 5.23. The van der Waals surface area contributed by atoms with Crippen molar-refractivity contribution in [1.29, 1.82) is 0 Å². The van der Waals surface area contributed by atoms with E-state index in [0.29, 0.717) is 13.0 Å². The van der Waals surface area contributed by atoms with Gasteiger partial charge in [-0.3, -0.25) is 9.97 Å². The molecule has 0 saturated carbocycles. The summed E-state index contributed by atoms with van der Waals surface area (Å²) in [5, 5.41) is 6.79. The third kappa shape index (κ3) is 4.12. The van der Waals surface area contributed by atoms with E-state index in [1.54, 1.807) is 6.20 Å². The normalized spacial score (nSPS) is 10.6. The summed E-state index contributed by atoms with van der Waals surface area (Å²) >= 11 is 0. The Bertz CT molecular complexity index is 892. The smallest absolute Gasteiger partial charge is 0.319 e. The first kappa shape index (κ1) is 16.9. The number of anilines is 1. The molecule has 0 atom stereocenters. The fraction of sp³-hybridized carbons (Fsp3) is 0.250. The predicted molar refractivity (Wildman–Crippen MR) is 101 cm³/mol. The molecule has 2 heterocycles. The summed E-state index contributed by atoms with van der Waals surface area (Å²) in [5.41, 5.74) is 4.77. The van der Waals surface area contributed by atoms with Crippen LogP contribution in [0.2, 0.25) is 0 Å². The van der Waals surface area contributed by atoms with Crippen molar-refractivity contribution >= 4 is 22.6 Å². The summed E-state index contributed by atoms with van der Waals surface area (Å²) in [6.07, 6.45) is 3.30. The molecule has 5 nitrogen and oxygen atoms in total. The number of nitrogens with zero attached hydrogens (tertiary/aromatic N) is 2. The van der Waals surface area contributed by atoms with Crippen molar-refractivity contribution in [3.05, 3.63) is 65.6 Å². The molecule has 2 aromatic heterocycles. The first-order chi connectivity index (χ1) is 12.2. The van der Waals surface area contributed by atoms with Crippen molar-refractivity contribution in [3.63, 3.8) is 0 Å². The maximum atomic E-state index is 12.3. The van der Waals surface area contributed by atoms with E-state index in [-0.39, 0.29) is 6.03 Å². The number of pyridine rings is 2. The van der Waals surface area contributed by atoms with Crippen molar-refractivity contribution in [1.82, 2.24) is 15.3 Å². The molecule has 128 valence electrons. The van der Waals surface area contributed by atoms with E-state index in [4.69, 9.17) is 0 Å². The maximum Gasteiger partial charge on any atom is 0.319 e. The van der Waals surface area contributed by atoms with Gasteiger partial charge in [0.15, 0.2) is 0 Å². The van der Waals surface area contributed by atoms with Gasteiger partial charge in [0, 0.05) is 35.9 Å². The summed E-state index contributed by atoms with van der Waals surface area (Å²) in [7, 11) is 0. The first-order valence-corrected chi connectivity index (χ1v) is 8.51. The standard InChI is InChI=1S/C20H22N4O/c1-3-15-13-19(16-8-4-5-9-18(16)23-15)24-20(25)22-12-10-17-14(2)7-6-11-21-17/h4-9,11,13H,3,10,12H2,1-2H3,(H2,22,23,24,25). The number of aromatic nitrogens is 2. The average Bonchev–Trinajstić information content (AvgIpc) is 2.63. The Morgan fingerprint density at radius 2 is 2.00 bits per heavy atom. The number of rotatable bonds is 5. The number of fused-ring (bicyclic) bond motifs is 1. The second-order valence-corrected chi connectivity index (χ2v) is 5.93. The molecule has 0 aliphatic carbocycles. The molecule has 25 heavy (non-hydrogen) atoms. The largest absolute Gasteiger partial charge is 0.337 e. The number of carbonyl (C=O) groups excluding carboxylic acids is 1. The molecular weight excluding hydrogens is 312 g/mol. The number of nitrogens with one attached hydrogen (secondary N) is 2. The van der Waals surface area contributed by atoms with Gasteiger partial charge in [-0.05, 0) is 37.1 Å². The van der Waals surface area contributed by atoms with Crippen molar-refractivity contribution in [2.45, 2.75) is 26.7 Å². The van der Waals surface area contributed by atoms with E-state index in [9.17, 15) is 4.79 Å². The zero-order valence-corrected chi connectivity index (χ0v) is 14.5. The molecule has 0 aliphatic rings. The summed E-state index contributed by atoms with van der Waals surface area (Å²) in [4.78, 5) is 21.2. The molecular formula is C20H22N4O. The molecule has 0 unspecified atom stereocenters. The molecule has 1 aromatic carbocycles. The van der Waals surface area contributed by atoms with E-state index in [0.717, 1.165) is 40.0 Å². The third-order valence-corrected chi connectivity index (χ3v) is 4.14. The van der Waals surface area contributed by atoms with E-state index in [1.165, 1.54) is 0 Å². The first-order valence-electron chi connectivity index (χ1n) is 8.51. The highest BCUT2D eigenvalue weighted by Crippen LogP contribution is 2.23. The van der Waals surface area contributed by atoms with Gasteiger partial charge < -0.3 is 10.6 Å². The Hall–Kier alpha value is -2.95. The Morgan fingerprint density at radius 1 is 1.16 bits per heavy atom. The van der Waals surface area contributed by atoms with Gasteiger partial charge in [0.2, 0.25) is 0 Å². The molecule has 0 aliphatic heterocycles. The van der Waals surface area contributed by atoms with Crippen molar-refractivity contribution in [2.24, 2.45) is 0 Å². The van der Waals surface area contributed by atoms with Crippen molar-refractivity contribution in [2.75, 3.05) is 11.9 Å². The van der Waals surface area contributed by atoms with Crippen LogP contribution in [0.4, 0.5) is 10.5 Å². The lowest BCUT2D eigenvalue weighted by molar-refractivity contribution is 0.252. The van der Waals surface area contributed by atoms with Crippen LogP contribution < -0.4 is 10.6 Å². The van der Waals surface area contributed by atoms with Gasteiger partial charge >= 0.3 is 6.03 Å². The highest BCUT2D eigenvalue weighted by Gasteiger charge is 2.08. The van der Waals surface area contributed by atoms with E-state index >= 15 is 0 Å². The number of amides is 2. The number of para-hydroxylation sites is 1. The van der Waals surface area contributed by atoms with Crippen LogP contribution in [-0.4, -0.2) is 22.5 Å². The van der Waals surface area contributed by atoms with Gasteiger partial charge in [-0.1, -0.05) is 31.2 Å². The quantitative estimate of drug-likeness (QED) is 0.744. The van der Waals surface area contributed by atoms with E-state index in [2.05, 4.69) is 27.5 Å². The lowest BCUT2D eigenvalue weighted by atomic mass is 10.1. The molecule has 0 saturated heterocycles. The number of aryl methyl sites for hydroxylation is 2. The Morgan fingerprint density at radius 3 is 2.80 bits per heavy atom. The molecule has 0 spiro atoms. The fourth-order valence-corrected chi connectivity index (χ4v) is 2.76. The molecule has 0 bridgehead atoms. The van der Waals surface area contributed by atoms with Crippen LogP contribution in [0.5, 0.6) is 0 Å². The van der Waals surface area contributed by atoms with Gasteiger partial charge in [0.05, 0.1) is 11.2 Å². The topological polar surface area (TPSA) is 66.9 Å². The van der Waals surface area contributed by atoms with Gasteiger partial charge in [0.25, 0.3) is 0 Å². The predicted octanol–water partition coefficient (Wildman–Crippen LogP) is 3.86. The minimum Gasteiger partial charge on any atom is -0.337 e. The number of hydrogen-bond acceptors (Lipinski definition) is 3.